The van der Waals surface area contributed by atoms with Gasteiger partial charge in [-0.2, -0.15) is 0 Å². The molecule has 0 unspecified atom stereocenters. The summed E-state index contributed by atoms with van der Waals surface area (Å²) in [5, 5.41) is 3.28. The molecule has 0 radical (unpaired) electrons. The van der Waals surface area contributed by atoms with Crippen LogP contribution in [0.3, 0.4) is 0 Å². The molecule has 0 spiro atoms. The zero-order valence-corrected chi connectivity index (χ0v) is 18.2. The molecular weight excluding hydrogens is 430 g/mol. The fourth-order valence-electron chi connectivity index (χ4n) is 2.90. The summed E-state index contributed by atoms with van der Waals surface area (Å²) in [5.41, 5.74) is 0.233. The van der Waals surface area contributed by atoms with Gasteiger partial charge in [-0.25, -0.2) is 8.42 Å². The number of hydrogen-bond acceptors (Lipinski definition) is 8. The first kappa shape index (κ1) is 21.7. The molecule has 0 saturated carbocycles. The van der Waals surface area contributed by atoms with Crippen LogP contribution in [0.5, 0.6) is 17.2 Å². The van der Waals surface area contributed by atoms with E-state index in [2.05, 4.69) is 5.32 Å². The van der Waals surface area contributed by atoms with E-state index in [9.17, 15) is 13.2 Å². The van der Waals surface area contributed by atoms with Gasteiger partial charge >= 0.3 is 0 Å². The van der Waals surface area contributed by atoms with E-state index in [1.807, 2.05) is 0 Å². The topological polar surface area (TPSA) is 104 Å². The number of carbonyl (C=O) groups excluding carboxylic acids is 1. The molecule has 1 aromatic carbocycles. The van der Waals surface area contributed by atoms with Crippen LogP contribution < -0.4 is 19.5 Å². The lowest BCUT2D eigenvalue weighted by Gasteiger charge is -2.17. The second-order valence-electron chi connectivity index (χ2n) is 6.11. The van der Waals surface area contributed by atoms with Crippen molar-refractivity contribution in [2.24, 2.45) is 0 Å². The van der Waals surface area contributed by atoms with Crippen LogP contribution in [0.2, 0.25) is 0 Å². The molecule has 3 aromatic rings. The maximum Gasteiger partial charge on any atom is 0.251 e. The quantitative estimate of drug-likeness (QED) is 0.532. The van der Waals surface area contributed by atoms with Crippen molar-refractivity contribution in [3.8, 4) is 17.2 Å². The second-order valence-corrected chi connectivity index (χ2v) is 9.41. The third-order valence-electron chi connectivity index (χ3n) is 4.39. The molecule has 0 bridgehead atoms. The lowest BCUT2D eigenvalue weighted by molar-refractivity contribution is 0.0952. The Morgan fingerprint density at radius 2 is 1.80 bits per heavy atom. The predicted octanol–water partition coefficient (Wildman–Crippen LogP) is 3.31. The molecule has 10 heteroatoms. The van der Waals surface area contributed by atoms with Gasteiger partial charge in [0.05, 0.1) is 27.6 Å². The Morgan fingerprint density at radius 3 is 2.30 bits per heavy atom. The molecule has 0 aliphatic carbocycles. The number of rotatable bonds is 9. The molecule has 30 heavy (non-hydrogen) atoms. The Kier molecular flexibility index (Phi) is 6.68. The van der Waals surface area contributed by atoms with Gasteiger partial charge in [-0.1, -0.05) is 6.07 Å². The smallest absolute Gasteiger partial charge is 0.251 e. The minimum Gasteiger partial charge on any atom is -0.493 e. The molecule has 0 saturated heterocycles. The fraction of sp³-hybridized carbons (Fsp3) is 0.250. The maximum absolute atomic E-state index is 13.1. The normalized spacial score (nSPS) is 12.2. The molecule has 0 fully saturated rings. The van der Waals surface area contributed by atoms with Crippen LogP contribution in [0.1, 0.15) is 21.4 Å². The average Bonchev–Trinajstić information content (AvgIpc) is 3.47. The molecule has 1 atom stereocenters. The van der Waals surface area contributed by atoms with E-state index in [-0.39, 0.29) is 22.1 Å². The van der Waals surface area contributed by atoms with Gasteiger partial charge in [0, 0.05) is 12.1 Å². The first-order valence-corrected chi connectivity index (χ1v) is 11.2. The summed E-state index contributed by atoms with van der Waals surface area (Å²) in [6.45, 7) is -0.177. The fourth-order valence-corrected chi connectivity index (χ4v) is 5.69. The van der Waals surface area contributed by atoms with Crippen molar-refractivity contribution in [2.75, 3.05) is 27.9 Å². The van der Waals surface area contributed by atoms with Crippen LogP contribution in [0.4, 0.5) is 0 Å². The Labute approximate surface area is 178 Å². The van der Waals surface area contributed by atoms with Gasteiger partial charge < -0.3 is 23.9 Å². The van der Waals surface area contributed by atoms with Crippen molar-refractivity contribution in [1.29, 1.82) is 0 Å². The van der Waals surface area contributed by atoms with E-state index in [1.54, 1.807) is 23.6 Å². The van der Waals surface area contributed by atoms with Gasteiger partial charge in [-0.3, -0.25) is 4.79 Å². The number of nitrogens with one attached hydrogen (secondary N) is 1. The summed E-state index contributed by atoms with van der Waals surface area (Å²) in [5.74, 6) is 0.734. The molecule has 160 valence electrons. The standard InChI is InChI=1S/C20H21NO7S2/c1-25-15-10-13(11-16(26-2)19(15)27-3)20(22)21-12-17(14-6-4-8-28-14)30(23,24)18-7-5-9-29-18/h4-11,17H,12H2,1-3H3,(H,21,22)/t17-/m1/s1. The molecule has 3 rings (SSSR count). The third kappa shape index (κ3) is 4.29. The van der Waals surface area contributed by atoms with Crippen molar-refractivity contribution < 1.29 is 31.8 Å². The van der Waals surface area contributed by atoms with E-state index in [4.69, 9.17) is 18.6 Å². The number of furan rings is 1. The zero-order chi connectivity index (χ0) is 21.7. The highest BCUT2D eigenvalue weighted by atomic mass is 32.2. The van der Waals surface area contributed by atoms with Crippen molar-refractivity contribution in [2.45, 2.75) is 9.46 Å². The van der Waals surface area contributed by atoms with E-state index in [0.717, 1.165) is 11.3 Å². The minimum absolute atomic E-state index is 0.177. The van der Waals surface area contributed by atoms with Crippen molar-refractivity contribution in [1.82, 2.24) is 5.32 Å². The Balaban J connectivity index is 1.87. The van der Waals surface area contributed by atoms with Crippen LogP contribution >= 0.6 is 11.3 Å². The summed E-state index contributed by atoms with van der Waals surface area (Å²) < 4.78 is 47.5. The van der Waals surface area contributed by atoms with E-state index in [1.165, 1.54) is 45.8 Å². The minimum atomic E-state index is -3.75. The monoisotopic (exact) mass is 451 g/mol. The number of carbonyl (C=O) groups is 1. The van der Waals surface area contributed by atoms with Crippen LogP contribution in [-0.2, 0) is 9.84 Å². The molecule has 1 amide bonds. The van der Waals surface area contributed by atoms with Gasteiger partial charge in [0.2, 0.25) is 5.75 Å². The maximum atomic E-state index is 13.1. The van der Waals surface area contributed by atoms with Crippen LogP contribution in [0.15, 0.2) is 56.7 Å². The lowest BCUT2D eigenvalue weighted by atomic mass is 10.1. The third-order valence-corrected chi connectivity index (χ3v) is 7.88. The van der Waals surface area contributed by atoms with Crippen molar-refractivity contribution in [3.05, 3.63) is 59.4 Å². The van der Waals surface area contributed by atoms with E-state index >= 15 is 0 Å². The average molecular weight is 452 g/mol. The summed E-state index contributed by atoms with van der Waals surface area (Å²) in [6.07, 6.45) is 1.40. The molecule has 0 aliphatic rings. The predicted molar refractivity (Wildman–Crippen MR) is 111 cm³/mol. The number of thiophene rings is 1. The van der Waals surface area contributed by atoms with E-state index in [0.29, 0.717) is 17.2 Å². The number of methoxy groups -OCH3 is 3. The molecule has 2 aromatic heterocycles. The van der Waals surface area contributed by atoms with Gasteiger partial charge in [0.15, 0.2) is 21.3 Å². The van der Waals surface area contributed by atoms with Gasteiger partial charge in [-0.15, -0.1) is 11.3 Å². The molecule has 2 heterocycles. The van der Waals surface area contributed by atoms with E-state index < -0.39 is 21.0 Å². The molecule has 8 nitrogen and oxygen atoms in total. The number of amides is 1. The Hall–Kier alpha value is -2.98. The van der Waals surface area contributed by atoms with Crippen molar-refractivity contribution in [3.63, 3.8) is 0 Å². The van der Waals surface area contributed by atoms with Gasteiger partial charge in [0.25, 0.3) is 5.91 Å². The highest BCUT2D eigenvalue weighted by Gasteiger charge is 2.33. The SMILES string of the molecule is COc1cc(C(=O)NC[C@H](c2ccco2)S(=O)(=O)c2cccs2)cc(OC)c1OC. The zero-order valence-electron chi connectivity index (χ0n) is 16.6. The highest BCUT2D eigenvalue weighted by molar-refractivity contribution is 7.93. The van der Waals surface area contributed by atoms with Gasteiger partial charge in [-0.05, 0) is 35.7 Å². The molecule has 0 aliphatic heterocycles. The highest BCUT2D eigenvalue weighted by Crippen LogP contribution is 2.38. The second kappa shape index (κ2) is 9.23. The van der Waals surface area contributed by atoms with Crippen molar-refractivity contribution >= 4 is 27.1 Å². The first-order valence-electron chi connectivity index (χ1n) is 8.81. The summed E-state index contributed by atoms with van der Waals surface area (Å²) in [7, 11) is 0.596. The number of hydrogen-bond donors (Lipinski definition) is 1. The lowest BCUT2D eigenvalue weighted by Crippen LogP contribution is -2.31. The first-order chi connectivity index (χ1) is 14.4. The Morgan fingerprint density at radius 1 is 1.10 bits per heavy atom. The summed E-state index contributed by atoms with van der Waals surface area (Å²) >= 11 is 1.11. The Bertz CT molecular complexity index is 1070. The van der Waals surface area contributed by atoms with Crippen LogP contribution in [0.25, 0.3) is 0 Å². The van der Waals surface area contributed by atoms with Crippen LogP contribution in [0, 0.1) is 0 Å². The number of ether oxygens (including phenoxy) is 3. The molecule has 1 N–H and O–H groups in total. The number of sulfone groups is 1. The van der Waals surface area contributed by atoms with Crippen LogP contribution in [-0.4, -0.2) is 42.2 Å². The van der Waals surface area contributed by atoms with Gasteiger partial charge in [0.1, 0.15) is 15.2 Å². The number of benzene rings is 1. The summed E-state index contributed by atoms with van der Waals surface area (Å²) in [4.78, 5) is 12.8. The summed E-state index contributed by atoms with van der Waals surface area (Å²) in [6, 6.07) is 9.34. The molecular formula is C20H21NO7S2. The largest absolute Gasteiger partial charge is 0.493 e.